The van der Waals surface area contributed by atoms with Crippen molar-refractivity contribution in [3.05, 3.63) is 23.5 Å². The largest absolute Gasteiger partial charge is 0.397 e. The van der Waals surface area contributed by atoms with Crippen LogP contribution in [0.25, 0.3) is 0 Å². The lowest BCUT2D eigenvalue weighted by atomic mass is 10.3. The van der Waals surface area contributed by atoms with Gasteiger partial charge in [0.05, 0.1) is 11.4 Å². The third-order valence-corrected chi connectivity index (χ3v) is 1.37. The summed E-state index contributed by atoms with van der Waals surface area (Å²) in [6.07, 6.45) is 0. The third kappa shape index (κ3) is 1.74. The molecule has 0 unspecified atom stereocenters. The highest BCUT2D eigenvalue weighted by Gasteiger charge is 1.94. The van der Waals surface area contributed by atoms with E-state index >= 15 is 0 Å². The topological polar surface area (TPSA) is 62.7 Å². The van der Waals surface area contributed by atoms with Crippen molar-refractivity contribution in [3.8, 4) is 17.9 Å². The molecule has 0 saturated heterocycles. The molecule has 1 aromatic rings. The zero-order valence-electron chi connectivity index (χ0n) is 6.63. The summed E-state index contributed by atoms with van der Waals surface area (Å²) in [6.45, 7) is 1.80. The second-order valence-electron chi connectivity index (χ2n) is 2.23. The van der Waals surface area contributed by atoms with Gasteiger partial charge in [-0.05, 0) is 25.0 Å². The number of anilines is 1. The third-order valence-electron chi connectivity index (χ3n) is 1.37. The normalized spacial score (nSPS) is 8.00. The van der Waals surface area contributed by atoms with E-state index in [1.54, 1.807) is 25.1 Å². The summed E-state index contributed by atoms with van der Waals surface area (Å²) in [7, 11) is 0. The van der Waals surface area contributed by atoms with E-state index in [2.05, 4.69) is 16.8 Å². The Labute approximate surface area is 70.8 Å². The highest BCUT2D eigenvalue weighted by molar-refractivity contribution is 5.45. The van der Waals surface area contributed by atoms with Gasteiger partial charge in [0.15, 0.2) is 6.07 Å². The predicted molar refractivity (Wildman–Crippen MR) is 45.9 cm³/mol. The second-order valence-corrected chi connectivity index (χ2v) is 2.23. The summed E-state index contributed by atoms with van der Waals surface area (Å²) < 4.78 is 0. The first-order valence-electron chi connectivity index (χ1n) is 3.37. The number of rotatable bonds is 0. The number of nitrogens with zero attached hydrogens (tertiary/aromatic N) is 2. The Balaban J connectivity index is 3.07. The van der Waals surface area contributed by atoms with Crippen LogP contribution in [0.1, 0.15) is 11.4 Å². The molecule has 3 nitrogen and oxygen atoms in total. The van der Waals surface area contributed by atoms with Crippen LogP contribution in [0.4, 0.5) is 5.69 Å². The van der Waals surface area contributed by atoms with Crippen molar-refractivity contribution in [2.24, 2.45) is 0 Å². The van der Waals surface area contributed by atoms with Gasteiger partial charge in [0, 0.05) is 5.92 Å². The van der Waals surface area contributed by atoms with Crippen LogP contribution in [0.5, 0.6) is 0 Å². The molecule has 0 aliphatic carbocycles. The standard InChI is InChI=1S/C9H7N3/c1-7-9(11)5-4-8(12-7)3-2-6-10/h4-5H,11H2,1H3. The Morgan fingerprint density at radius 3 is 2.83 bits per heavy atom. The van der Waals surface area contributed by atoms with Gasteiger partial charge in [0.1, 0.15) is 5.69 Å². The fraction of sp³-hybridized carbons (Fsp3) is 0.111. The number of aryl methyl sites for hydroxylation is 1. The molecule has 0 aromatic carbocycles. The molecule has 0 bridgehead atoms. The van der Waals surface area contributed by atoms with Crippen molar-refractivity contribution < 1.29 is 0 Å². The molecule has 0 amide bonds. The lowest BCUT2D eigenvalue weighted by Crippen LogP contribution is -1.93. The van der Waals surface area contributed by atoms with Gasteiger partial charge in [0.2, 0.25) is 0 Å². The van der Waals surface area contributed by atoms with Crippen molar-refractivity contribution in [3.63, 3.8) is 0 Å². The van der Waals surface area contributed by atoms with Crippen LogP contribution in [0.3, 0.4) is 0 Å². The fourth-order valence-corrected chi connectivity index (χ4v) is 0.733. The van der Waals surface area contributed by atoms with Gasteiger partial charge in [-0.15, -0.1) is 0 Å². The molecule has 0 fully saturated rings. The van der Waals surface area contributed by atoms with Crippen LogP contribution >= 0.6 is 0 Å². The first-order chi connectivity index (χ1) is 5.74. The van der Waals surface area contributed by atoms with Gasteiger partial charge in [-0.1, -0.05) is 0 Å². The van der Waals surface area contributed by atoms with Crippen molar-refractivity contribution in [1.82, 2.24) is 4.98 Å². The van der Waals surface area contributed by atoms with E-state index in [0.29, 0.717) is 11.4 Å². The van der Waals surface area contributed by atoms with E-state index in [4.69, 9.17) is 11.0 Å². The Hall–Kier alpha value is -2.00. The number of pyridine rings is 1. The number of hydrogen-bond donors (Lipinski definition) is 1. The van der Waals surface area contributed by atoms with E-state index < -0.39 is 0 Å². The monoisotopic (exact) mass is 157 g/mol. The molecule has 0 radical (unpaired) electrons. The average molecular weight is 157 g/mol. The van der Waals surface area contributed by atoms with E-state index in [-0.39, 0.29) is 0 Å². The van der Waals surface area contributed by atoms with E-state index in [1.807, 2.05) is 0 Å². The molecule has 1 rings (SSSR count). The quantitative estimate of drug-likeness (QED) is 0.568. The van der Waals surface area contributed by atoms with Crippen LogP contribution in [0.15, 0.2) is 12.1 Å². The van der Waals surface area contributed by atoms with Crippen molar-refractivity contribution >= 4 is 5.69 Å². The number of hydrogen-bond acceptors (Lipinski definition) is 3. The molecule has 0 saturated carbocycles. The molecule has 3 heteroatoms. The Morgan fingerprint density at radius 2 is 2.25 bits per heavy atom. The van der Waals surface area contributed by atoms with Gasteiger partial charge in [-0.25, -0.2) is 4.98 Å². The summed E-state index contributed by atoms with van der Waals surface area (Å²) in [5.41, 5.74) is 7.49. The van der Waals surface area contributed by atoms with Gasteiger partial charge in [-0.2, -0.15) is 5.26 Å². The summed E-state index contributed by atoms with van der Waals surface area (Å²) >= 11 is 0. The minimum absolute atomic E-state index is 0.572. The van der Waals surface area contributed by atoms with E-state index in [1.165, 1.54) is 0 Å². The Morgan fingerprint density at radius 1 is 1.50 bits per heavy atom. The Kier molecular flexibility index (Phi) is 2.30. The number of nitriles is 1. The number of aromatic nitrogens is 1. The van der Waals surface area contributed by atoms with Gasteiger partial charge in [-0.3, -0.25) is 0 Å². The molecule has 1 aromatic heterocycles. The first-order valence-corrected chi connectivity index (χ1v) is 3.37. The molecule has 58 valence electrons. The van der Waals surface area contributed by atoms with Gasteiger partial charge in [0.25, 0.3) is 0 Å². The molecule has 0 aliphatic heterocycles. The van der Waals surface area contributed by atoms with E-state index in [0.717, 1.165) is 5.69 Å². The van der Waals surface area contributed by atoms with Crippen molar-refractivity contribution in [2.75, 3.05) is 5.73 Å². The molecule has 1 heterocycles. The van der Waals surface area contributed by atoms with E-state index in [9.17, 15) is 0 Å². The second kappa shape index (κ2) is 3.41. The van der Waals surface area contributed by atoms with Crippen LogP contribution < -0.4 is 5.73 Å². The predicted octanol–water partition coefficient (Wildman–Crippen LogP) is 0.847. The summed E-state index contributed by atoms with van der Waals surface area (Å²) in [5.74, 6) is 4.85. The number of nitrogens with two attached hydrogens (primary N) is 1. The van der Waals surface area contributed by atoms with Crippen LogP contribution in [-0.4, -0.2) is 4.98 Å². The maximum atomic E-state index is 8.18. The highest BCUT2D eigenvalue weighted by atomic mass is 14.7. The van der Waals surface area contributed by atoms with Crippen molar-refractivity contribution in [1.29, 1.82) is 5.26 Å². The molecular formula is C9H7N3. The lowest BCUT2D eigenvalue weighted by molar-refractivity contribution is 1.18. The minimum atomic E-state index is 0.572. The van der Waals surface area contributed by atoms with Gasteiger partial charge < -0.3 is 5.73 Å². The molecule has 0 spiro atoms. The summed E-state index contributed by atoms with van der Waals surface area (Å²) in [4.78, 5) is 4.06. The number of nitrogen functional groups attached to an aromatic ring is 1. The zero-order valence-corrected chi connectivity index (χ0v) is 6.63. The highest BCUT2D eigenvalue weighted by Crippen LogP contribution is 2.06. The fourth-order valence-electron chi connectivity index (χ4n) is 0.733. The Bertz CT molecular complexity index is 390. The maximum Gasteiger partial charge on any atom is 0.152 e. The van der Waals surface area contributed by atoms with Crippen LogP contribution in [0.2, 0.25) is 0 Å². The molecule has 12 heavy (non-hydrogen) atoms. The first kappa shape index (κ1) is 8.10. The zero-order chi connectivity index (χ0) is 8.97. The average Bonchev–Trinajstić information content (AvgIpc) is 2.07. The van der Waals surface area contributed by atoms with Crippen molar-refractivity contribution in [2.45, 2.75) is 6.92 Å². The van der Waals surface area contributed by atoms with Crippen LogP contribution in [-0.2, 0) is 0 Å². The van der Waals surface area contributed by atoms with Crippen LogP contribution in [0, 0.1) is 30.1 Å². The lowest BCUT2D eigenvalue weighted by Gasteiger charge is -1.97. The molecule has 0 aliphatic rings. The summed E-state index contributed by atoms with van der Waals surface area (Å²) in [5, 5.41) is 8.18. The molecular weight excluding hydrogens is 150 g/mol. The smallest absolute Gasteiger partial charge is 0.152 e. The maximum absolute atomic E-state index is 8.18. The minimum Gasteiger partial charge on any atom is -0.397 e. The SMILES string of the molecule is Cc1nc(C#CC#N)ccc1N. The summed E-state index contributed by atoms with van der Waals surface area (Å²) in [6, 6.07) is 5.13. The van der Waals surface area contributed by atoms with Gasteiger partial charge >= 0.3 is 0 Å². The molecule has 2 N–H and O–H groups in total. The molecule has 0 atom stereocenters.